The van der Waals surface area contributed by atoms with Gasteiger partial charge in [-0.15, -0.1) is 11.3 Å². The summed E-state index contributed by atoms with van der Waals surface area (Å²) in [5.74, 6) is 1.11. The van der Waals surface area contributed by atoms with Crippen molar-refractivity contribution >= 4 is 21.6 Å². The Balaban J connectivity index is 1.82. The minimum absolute atomic E-state index is 0.133. The topological polar surface area (TPSA) is 89.9 Å². The molecule has 4 rings (SSSR count). The first-order chi connectivity index (χ1) is 14.8. The summed E-state index contributed by atoms with van der Waals surface area (Å²) in [5, 5.41) is 0.620. The predicted octanol–water partition coefficient (Wildman–Crippen LogP) is 3.91. The summed E-state index contributed by atoms with van der Waals surface area (Å²) >= 11 is 1.51. The molecule has 31 heavy (non-hydrogen) atoms. The van der Waals surface area contributed by atoms with Crippen LogP contribution in [0.25, 0.3) is 21.6 Å². The smallest absolute Gasteiger partial charge is 0.263 e. The number of H-pyrrole nitrogens is 1. The average molecular weight is 437 g/mol. The van der Waals surface area contributed by atoms with E-state index in [4.69, 9.17) is 9.72 Å². The van der Waals surface area contributed by atoms with Crippen molar-refractivity contribution < 1.29 is 4.74 Å². The maximum atomic E-state index is 13.5. The highest BCUT2D eigenvalue weighted by molar-refractivity contribution is 7.18. The van der Waals surface area contributed by atoms with Crippen LogP contribution >= 0.6 is 11.3 Å². The number of fused-ring (bicyclic) bond motifs is 1. The molecular formula is C23H24N4O3S. The number of rotatable bonds is 6. The van der Waals surface area contributed by atoms with Crippen molar-refractivity contribution in [3.63, 3.8) is 0 Å². The molecule has 0 fully saturated rings. The molecule has 0 spiro atoms. The van der Waals surface area contributed by atoms with Crippen LogP contribution in [0.15, 0.2) is 46.4 Å². The molecule has 0 atom stereocenters. The largest absolute Gasteiger partial charge is 0.488 e. The second-order valence-electron chi connectivity index (χ2n) is 7.92. The molecule has 0 aliphatic heterocycles. The Morgan fingerprint density at radius 1 is 1.26 bits per heavy atom. The number of ether oxygens (including phenoxy) is 1. The number of aromatic amines is 1. The lowest BCUT2D eigenvalue weighted by Gasteiger charge is -2.13. The highest BCUT2D eigenvalue weighted by atomic mass is 32.1. The number of nitrogens with one attached hydrogen (secondary N) is 1. The van der Waals surface area contributed by atoms with E-state index in [1.807, 2.05) is 39.8 Å². The molecule has 0 aliphatic carbocycles. The Morgan fingerprint density at radius 3 is 2.74 bits per heavy atom. The molecule has 0 aliphatic rings. The lowest BCUT2D eigenvalue weighted by atomic mass is 10.2. The maximum absolute atomic E-state index is 13.5. The lowest BCUT2D eigenvalue weighted by molar-refractivity contribution is 0.267. The first-order valence-corrected chi connectivity index (χ1v) is 10.9. The van der Waals surface area contributed by atoms with E-state index in [9.17, 15) is 9.59 Å². The van der Waals surface area contributed by atoms with Crippen LogP contribution in [0.2, 0.25) is 0 Å². The first kappa shape index (κ1) is 21.0. The van der Waals surface area contributed by atoms with Gasteiger partial charge < -0.3 is 9.72 Å². The molecule has 160 valence electrons. The standard InChI is InChI=1S/C23H24N4O3S/c1-13(2)12-30-19-10-25-17(8-18(19)28)11-27-21(16-6-5-7-24-9-16)26-22-20(23(27)29)14(3)15(4)31-22/h5-10,13H,11-12H2,1-4H3,(H,25,28). The molecule has 4 heterocycles. The van der Waals surface area contributed by atoms with E-state index in [0.717, 1.165) is 16.0 Å². The van der Waals surface area contributed by atoms with E-state index in [1.54, 1.807) is 23.2 Å². The van der Waals surface area contributed by atoms with Gasteiger partial charge in [-0.3, -0.25) is 19.1 Å². The molecule has 0 bridgehead atoms. The zero-order valence-corrected chi connectivity index (χ0v) is 18.7. The lowest BCUT2D eigenvalue weighted by Crippen LogP contribution is -2.25. The molecule has 0 radical (unpaired) electrons. The summed E-state index contributed by atoms with van der Waals surface area (Å²) in [7, 11) is 0. The number of hydrogen-bond donors (Lipinski definition) is 1. The fraction of sp³-hybridized carbons (Fsp3) is 0.304. The first-order valence-electron chi connectivity index (χ1n) is 10.1. The van der Waals surface area contributed by atoms with Gasteiger partial charge in [-0.1, -0.05) is 13.8 Å². The normalized spacial score (nSPS) is 11.4. The summed E-state index contributed by atoms with van der Waals surface area (Å²) < 4.78 is 7.16. The van der Waals surface area contributed by atoms with Crippen molar-refractivity contribution in [2.24, 2.45) is 5.92 Å². The van der Waals surface area contributed by atoms with Gasteiger partial charge in [0.25, 0.3) is 5.56 Å². The second kappa shape index (κ2) is 8.47. The third-order valence-electron chi connectivity index (χ3n) is 5.05. The van der Waals surface area contributed by atoms with Crippen LogP contribution in [0.5, 0.6) is 5.75 Å². The van der Waals surface area contributed by atoms with Gasteiger partial charge in [0.05, 0.1) is 18.5 Å². The summed E-state index contributed by atoms with van der Waals surface area (Å²) in [6.45, 7) is 8.61. The van der Waals surface area contributed by atoms with E-state index in [2.05, 4.69) is 9.97 Å². The minimum atomic E-state index is -0.220. The molecule has 0 unspecified atom stereocenters. The average Bonchev–Trinajstić information content (AvgIpc) is 3.03. The summed E-state index contributed by atoms with van der Waals surface area (Å²) in [6, 6.07) is 5.16. The SMILES string of the molecule is Cc1sc2nc(-c3cccnc3)n(Cc3cc(=O)c(OCC(C)C)c[nH]3)c(=O)c2c1C. The maximum Gasteiger partial charge on any atom is 0.263 e. The minimum Gasteiger partial charge on any atom is -0.488 e. The van der Waals surface area contributed by atoms with E-state index >= 15 is 0 Å². The van der Waals surface area contributed by atoms with Crippen molar-refractivity contribution in [1.82, 2.24) is 19.5 Å². The van der Waals surface area contributed by atoms with Gasteiger partial charge in [-0.25, -0.2) is 4.98 Å². The summed E-state index contributed by atoms with van der Waals surface area (Å²) in [5.41, 5.74) is 1.92. The van der Waals surface area contributed by atoms with E-state index < -0.39 is 0 Å². The number of pyridine rings is 2. The van der Waals surface area contributed by atoms with Gasteiger partial charge >= 0.3 is 0 Å². The van der Waals surface area contributed by atoms with Crippen LogP contribution in [0.3, 0.4) is 0 Å². The van der Waals surface area contributed by atoms with E-state index in [1.165, 1.54) is 17.4 Å². The van der Waals surface area contributed by atoms with Crippen LogP contribution in [-0.2, 0) is 6.54 Å². The summed E-state index contributed by atoms with van der Waals surface area (Å²) in [6.07, 6.45) is 4.92. The fourth-order valence-electron chi connectivity index (χ4n) is 3.32. The molecule has 0 saturated carbocycles. The third-order valence-corrected chi connectivity index (χ3v) is 6.15. The summed E-state index contributed by atoms with van der Waals surface area (Å²) in [4.78, 5) is 39.8. The number of thiophene rings is 1. The highest BCUT2D eigenvalue weighted by Gasteiger charge is 2.18. The number of aryl methyl sites for hydroxylation is 2. The van der Waals surface area contributed by atoms with Crippen molar-refractivity contribution in [3.8, 4) is 17.1 Å². The van der Waals surface area contributed by atoms with Crippen LogP contribution in [0, 0.1) is 19.8 Å². The van der Waals surface area contributed by atoms with Crippen molar-refractivity contribution in [3.05, 3.63) is 73.5 Å². The van der Waals surface area contributed by atoms with Crippen LogP contribution in [0.1, 0.15) is 30.0 Å². The van der Waals surface area contributed by atoms with E-state index in [-0.39, 0.29) is 23.3 Å². The Hall–Kier alpha value is -3.26. The van der Waals surface area contributed by atoms with Gasteiger partial charge in [0.15, 0.2) is 5.75 Å². The monoisotopic (exact) mass is 436 g/mol. The molecule has 8 heteroatoms. The van der Waals surface area contributed by atoms with Crippen molar-refractivity contribution in [2.75, 3.05) is 6.61 Å². The van der Waals surface area contributed by atoms with Gasteiger partial charge in [0.2, 0.25) is 5.43 Å². The van der Waals surface area contributed by atoms with Crippen LogP contribution in [-0.4, -0.2) is 26.1 Å². The molecule has 1 N–H and O–H groups in total. The van der Waals surface area contributed by atoms with Crippen LogP contribution in [0.4, 0.5) is 0 Å². The van der Waals surface area contributed by atoms with E-state index in [0.29, 0.717) is 34.3 Å². The zero-order valence-electron chi connectivity index (χ0n) is 17.9. The number of hydrogen-bond acceptors (Lipinski definition) is 6. The van der Waals surface area contributed by atoms with Gasteiger partial charge in [-0.2, -0.15) is 0 Å². The highest BCUT2D eigenvalue weighted by Crippen LogP contribution is 2.28. The predicted molar refractivity (Wildman–Crippen MR) is 123 cm³/mol. The van der Waals surface area contributed by atoms with Gasteiger partial charge in [0.1, 0.15) is 10.7 Å². The fourth-order valence-corrected chi connectivity index (χ4v) is 4.34. The third kappa shape index (κ3) is 4.16. The number of nitrogens with zero attached hydrogens (tertiary/aromatic N) is 3. The van der Waals surface area contributed by atoms with Crippen LogP contribution < -0.4 is 15.7 Å². The van der Waals surface area contributed by atoms with Crippen molar-refractivity contribution in [1.29, 1.82) is 0 Å². The number of aromatic nitrogens is 4. The molecule has 0 saturated heterocycles. The van der Waals surface area contributed by atoms with Gasteiger partial charge in [0, 0.05) is 40.8 Å². The Labute approximate surface area is 183 Å². The zero-order chi connectivity index (χ0) is 22.1. The molecular weight excluding hydrogens is 412 g/mol. The second-order valence-corrected chi connectivity index (χ2v) is 9.13. The quantitative estimate of drug-likeness (QED) is 0.495. The Kier molecular flexibility index (Phi) is 5.73. The Morgan fingerprint density at radius 2 is 2.06 bits per heavy atom. The molecule has 4 aromatic heterocycles. The molecule has 0 aromatic carbocycles. The molecule has 7 nitrogen and oxygen atoms in total. The van der Waals surface area contributed by atoms with Crippen molar-refractivity contribution in [2.45, 2.75) is 34.2 Å². The Bertz CT molecular complexity index is 1350. The van der Waals surface area contributed by atoms with Gasteiger partial charge in [-0.05, 0) is 37.5 Å². The molecule has 4 aromatic rings. The molecule has 0 amide bonds.